The van der Waals surface area contributed by atoms with E-state index in [0.29, 0.717) is 18.9 Å². The lowest BCUT2D eigenvalue weighted by molar-refractivity contribution is 0.0716. The maximum atomic E-state index is 5.53. The van der Waals surface area contributed by atoms with Crippen LogP contribution in [0.15, 0.2) is 18.2 Å². The first-order chi connectivity index (χ1) is 7.72. The summed E-state index contributed by atoms with van der Waals surface area (Å²) in [5, 5.41) is 0. The molecular formula is C12H19NO3. The van der Waals surface area contributed by atoms with E-state index < -0.39 is 0 Å². The van der Waals surface area contributed by atoms with E-state index in [1.165, 1.54) is 0 Å². The van der Waals surface area contributed by atoms with Crippen LogP contribution in [0.1, 0.15) is 18.6 Å². The zero-order valence-corrected chi connectivity index (χ0v) is 10.0. The fourth-order valence-corrected chi connectivity index (χ4v) is 1.45. The third-order valence-corrected chi connectivity index (χ3v) is 2.36. The second-order valence-electron chi connectivity index (χ2n) is 3.42. The fraction of sp³-hybridized carbons (Fsp3) is 0.500. The van der Waals surface area contributed by atoms with Crippen molar-refractivity contribution in [2.75, 3.05) is 27.4 Å². The predicted molar refractivity (Wildman–Crippen MR) is 63.0 cm³/mol. The molecule has 16 heavy (non-hydrogen) atoms. The van der Waals surface area contributed by atoms with Crippen LogP contribution < -0.4 is 15.2 Å². The van der Waals surface area contributed by atoms with Crippen LogP contribution in [0.5, 0.6) is 11.5 Å². The number of benzene rings is 1. The minimum atomic E-state index is 0.00311. The van der Waals surface area contributed by atoms with E-state index in [-0.39, 0.29) is 6.10 Å². The largest absolute Gasteiger partial charge is 0.493 e. The van der Waals surface area contributed by atoms with E-state index in [1.807, 2.05) is 25.1 Å². The average Bonchev–Trinajstić information content (AvgIpc) is 2.34. The van der Waals surface area contributed by atoms with Crippen LogP contribution in [0.25, 0.3) is 0 Å². The Morgan fingerprint density at radius 1 is 1.19 bits per heavy atom. The normalized spacial score (nSPS) is 12.2. The molecular weight excluding hydrogens is 206 g/mol. The Balaban J connectivity index is 2.81. The van der Waals surface area contributed by atoms with Crippen LogP contribution in [0.3, 0.4) is 0 Å². The lowest BCUT2D eigenvalue weighted by atomic mass is 10.1. The van der Waals surface area contributed by atoms with Gasteiger partial charge in [0.15, 0.2) is 11.5 Å². The van der Waals surface area contributed by atoms with E-state index in [4.69, 9.17) is 19.9 Å². The average molecular weight is 225 g/mol. The minimum absolute atomic E-state index is 0.00311. The van der Waals surface area contributed by atoms with Crippen molar-refractivity contribution in [1.29, 1.82) is 0 Å². The standard InChI is InChI=1S/C12H19NO3/c1-9(16-7-6-13)10-4-5-11(14-2)12(8-10)15-3/h4-5,8-9H,6-7,13H2,1-3H3. The van der Waals surface area contributed by atoms with Crippen molar-refractivity contribution < 1.29 is 14.2 Å². The second-order valence-corrected chi connectivity index (χ2v) is 3.42. The van der Waals surface area contributed by atoms with Gasteiger partial charge in [0.05, 0.1) is 26.9 Å². The van der Waals surface area contributed by atoms with Gasteiger partial charge in [-0.15, -0.1) is 0 Å². The molecule has 0 radical (unpaired) electrons. The van der Waals surface area contributed by atoms with Gasteiger partial charge in [-0.1, -0.05) is 6.07 Å². The highest BCUT2D eigenvalue weighted by atomic mass is 16.5. The minimum Gasteiger partial charge on any atom is -0.493 e. The van der Waals surface area contributed by atoms with Gasteiger partial charge in [-0.3, -0.25) is 0 Å². The Morgan fingerprint density at radius 3 is 2.44 bits per heavy atom. The van der Waals surface area contributed by atoms with E-state index >= 15 is 0 Å². The third-order valence-electron chi connectivity index (χ3n) is 2.36. The van der Waals surface area contributed by atoms with Gasteiger partial charge in [0, 0.05) is 6.54 Å². The third kappa shape index (κ3) is 3.12. The van der Waals surface area contributed by atoms with E-state index in [2.05, 4.69) is 0 Å². The zero-order valence-electron chi connectivity index (χ0n) is 10.0. The molecule has 90 valence electrons. The molecule has 1 unspecified atom stereocenters. The molecule has 0 amide bonds. The molecule has 0 heterocycles. The van der Waals surface area contributed by atoms with Crippen LogP contribution >= 0.6 is 0 Å². The SMILES string of the molecule is COc1ccc(C(C)OCCN)cc1OC. The molecule has 1 atom stereocenters. The van der Waals surface area contributed by atoms with Crippen molar-refractivity contribution in [3.63, 3.8) is 0 Å². The van der Waals surface area contributed by atoms with Gasteiger partial charge in [-0.25, -0.2) is 0 Å². The number of ether oxygens (including phenoxy) is 3. The number of hydrogen-bond donors (Lipinski definition) is 1. The molecule has 2 N–H and O–H groups in total. The summed E-state index contributed by atoms with van der Waals surface area (Å²) in [4.78, 5) is 0. The van der Waals surface area contributed by atoms with E-state index in [0.717, 1.165) is 11.3 Å². The van der Waals surface area contributed by atoms with Gasteiger partial charge in [0.25, 0.3) is 0 Å². The van der Waals surface area contributed by atoms with Crippen molar-refractivity contribution in [3.8, 4) is 11.5 Å². The topological polar surface area (TPSA) is 53.7 Å². The monoisotopic (exact) mass is 225 g/mol. The molecule has 0 aliphatic carbocycles. The first-order valence-corrected chi connectivity index (χ1v) is 5.26. The molecule has 0 aliphatic rings. The second kappa shape index (κ2) is 6.35. The summed E-state index contributed by atoms with van der Waals surface area (Å²) in [6.07, 6.45) is 0.00311. The first-order valence-electron chi connectivity index (χ1n) is 5.26. The number of methoxy groups -OCH3 is 2. The number of rotatable bonds is 6. The summed E-state index contributed by atoms with van der Waals surface area (Å²) in [6.45, 7) is 3.06. The summed E-state index contributed by atoms with van der Waals surface area (Å²) in [7, 11) is 3.24. The van der Waals surface area contributed by atoms with Crippen LogP contribution in [-0.4, -0.2) is 27.4 Å². The maximum Gasteiger partial charge on any atom is 0.161 e. The highest BCUT2D eigenvalue weighted by Gasteiger charge is 2.09. The lowest BCUT2D eigenvalue weighted by Crippen LogP contribution is -2.11. The first kappa shape index (κ1) is 12.8. The van der Waals surface area contributed by atoms with E-state index in [9.17, 15) is 0 Å². The van der Waals surface area contributed by atoms with Crippen molar-refractivity contribution in [2.24, 2.45) is 5.73 Å². The van der Waals surface area contributed by atoms with Crippen LogP contribution in [-0.2, 0) is 4.74 Å². The molecule has 1 aromatic rings. The quantitative estimate of drug-likeness (QED) is 0.801. The summed E-state index contributed by atoms with van der Waals surface area (Å²) in [5.41, 5.74) is 6.43. The van der Waals surface area contributed by atoms with Gasteiger partial charge in [0.1, 0.15) is 0 Å². The zero-order chi connectivity index (χ0) is 12.0. The number of hydrogen-bond acceptors (Lipinski definition) is 4. The van der Waals surface area contributed by atoms with Crippen LogP contribution in [0.4, 0.5) is 0 Å². The summed E-state index contributed by atoms with van der Waals surface area (Å²) in [5.74, 6) is 1.43. The molecule has 0 aromatic heterocycles. The van der Waals surface area contributed by atoms with Crippen molar-refractivity contribution in [1.82, 2.24) is 0 Å². The van der Waals surface area contributed by atoms with Gasteiger partial charge in [-0.05, 0) is 24.6 Å². The van der Waals surface area contributed by atoms with Gasteiger partial charge >= 0.3 is 0 Å². The highest BCUT2D eigenvalue weighted by Crippen LogP contribution is 2.30. The molecule has 1 rings (SSSR count). The fourth-order valence-electron chi connectivity index (χ4n) is 1.45. The maximum absolute atomic E-state index is 5.53. The molecule has 4 nitrogen and oxygen atoms in total. The Kier molecular flexibility index (Phi) is 5.08. The molecule has 0 fully saturated rings. The molecule has 1 aromatic carbocycles. The molecule has 4 heteroatoms. The Morgan fingerprint density at radius 2 is 1.88 bits per heavy atom. The van der Waals surface area contributed by atoms with Gasteiger partial charge in [-0.2, -0.15) is 0 Å². The Hall–Kier alpha value is -1.26. The Bertz CT molecular complexity index is 328. The van der Waals surface area contributed by atoms with Crippen molar-refractivity contribution >= 4 is 0 Å². The summed E-state index contributed by atoms with van der Waals surface area (Å²) in [6, 6.07) is 5.75. The Labute approximate surface area is 96.3 Å². The predicted octanol–water partition coefficient (Wildman–Crippen LogP) is 1.74. The summed E-state index contributed by atoms with van der Waals surface area (Å²) < 4.78 is 15.9. The van der Waals surface area contributed by atoms with Crippen molar-refractivity contribution in [2.45, 2.75) is 13.0 Å². The smallest absolute Gasteiger partial charge is 0.161 e. The van der Waals surface area contributed by atoms with Crippen molar-refractivity contribution in [3.05, 3.63) is 23.8 Å². The highest BCUT2D eigenvalue weighted by molar-refractivity contribution is 5.43. The summed E-state index contributed by atoms with van der Waals surface area (Å²) >= 11 is 0. The molecule has 0 spiro atoms. The van der Waals surface area contributed by atoms with Crippen LogP contribution in [0, 0.1) is 0 Å². The van der Waals surface area contributed by atoms with Gasteiger partial charge < -0.3 is 19.9 Å². The van der Waals surface area contributed by atoms with Crippen LogP contribution in [0.2, 0.25) is 0 Å². The molecule has 0 saturated heterocycles. The lowest BCUT2D eigenvalue weighted by Gasteiger charge is -2.15. The van der Waals surface area contributed by atoms with Gasteiger partial charge in [0.2, 0.25) is 0 Å². The number of nitrogens with two attached hydrogens (primary N) is 1. The molecule has 0 aliphatic heterocycles. The molecule has 0 saturated carbocycles. The van der Waals surface area contributed by atoms with E-state index in [1.54, 1.807) is 14.2 Å². The molecule has 0 bridgehead atoms.